The van der Waals surface area contributed by atoms with E-state index in [2.05, 4.69) is 33.3 Å². The maximum absolute atomic E-state index is 11.7. The molecule has 1 aromatic rings. The molecule has 0 aromatic heterocycles. The molecule has 5 nitrogen and oxygen atoms in total. The van der Waals surface area contributed by atoms with Crippen molar-refractivity contribution in [1.29, 1.82) is 0 Å². The molecule has 2 aliphatic carbocycles. The SMILES string of the molecule is COCC(=O)N[C@H]1CC[C@H](CCN2CCN(c3cccc4c3CCCC4)CC2)CC1. The van der Waals surface area contributed by atoms with Gasteiger partial charge in [0.15, 0.2) is 0 Å². The summed E-state index contributed by atoms with van der Waals surface area (Å²) in [6, 6.07) is 7.31. The molecule has 1 saturated heterocycles. The fraction of sp³-hybridized carbons (Fsp3) is 0.720. The van der Waals surface area contributed by atoms with Crippen molar-refractivity contribution in [2.75, 3.05) is 51.3 Å². The predicted octanol–water partition coefficient (Wildman–Crippen LogP) is 3.40. The Morgan fingerprint density at radius 3 is 2.60 bits per heavy atom. The van der Waals surface area contributed by atoms with Crippen molar-refractivity contribution in [2.45, 2.75) is 63.8 Å². The Labute approximate surface area is 182 Å². The van der Waals surface area contributed by atoms with Gasteiger partial charge < -0.3 is 15.0 Å². The minimum Gasteiger partial charge on any atom is -0.375 e. The van der Waals surface area contributed by atoms with E-state index in [0.29, 0.717) is 6.04 Å². The van der Waals surface area contributed by atoms with Crippen LogP contribution in [0.4, 0.5) is 5.69 Å². The number of benzene rings is 1. The Bertz CT molecular complexity index is 692. The molecule has 0 spiro atoms. The molecule has 1 N–H and O–H groups in total. The highest BCUT2D eigenvalue weighted by atomic mass is 16.5. The molecule has 0 radical (unpaired) electrons. The number of hydrogen-bond acceptors (Lipinski definition) is 4. The average Bonchev–Trinajstić information content (AvgIpc) is 2.79. The summed E-state index contributed by atoms with van der Waals surface area (Å²) in [5.74, 6) is 0.846. The fourth-order valence-electron chi connectivity index (χ4n) is 5.63. The second kappa shape index (κ2) is 10.6. The normalized spacial score (nSPS) is 25.0. The van der Waals surface area contributed by atoms with Crippen LogP contribution in [0.1, 0.15) is 56.1 Å². The van der Waals surface area contributed by atoms with Crippen LogP contribution >= 0.6 is 0 Å². The molecule has 0 unspecified atom stereocenters. The first kappa shape index (κ1) is 21.6. The largest absolute Gasteiger partial charge is 0.375 e. The summed E-state index contributed by atoms with van der Waals surface area (Å²) < 4.78 is 4.91. The van der Waals surface area contributed by atoms with Gasteiger partial charge in [-0.25, -0.2) is 0 Å². The van der Waals surface area contributed by atoms with Gasteiger partial charge in [-0.05, 0) is 87.4 Å². The van der Waals surface area contributed by atoms with Crippen molar-refractivity contribution in [2.24, 2.45) is 5.92 Å². The molecule has 166 valence electrons. The van der Waals surface area contributed by atoms with Crippen LogP contribution in [0.25, 0.3) is 0 Å². The Morgan fingerprint density at radius 2 is 1.83 bits per heavy atom. The lowest BCUT2D eigenvalue weighted by Crippen LogP contribution is -2.47. The third-order valence-electron chi connectivity index (χ3n) is 7.43. The average molecular weight is 414 g/mol. The molecule has 4 rings (SSSR count). The standard InChI is InChI=1S/C25H39N3O2/c1-30-19-25(29)26-22-11-9-20(10-12-22)13-14-27-15-17-28(18-16-27)24-8-4-6-21-5-2-3-7-23(21)24/h4,6,8,20,22H,2-3,5,7,9-19H2,1H3,(H,26,29)/t20-,22-. The zero-order chi connectivity index (χ0) is 20.8. The monoisotopic (exact) mass is 413 g/mol. The topological polar surface area (TPSA) is 44.8 Å². The van der Waals surface area contributed by atoms with Crippen molar-refractivity contribution in [3.8, 4) is 0 Å². The third-order valence-corrected chi connectivity index (χ3v) is 7.43. The number of hydrogen-bond donors (Lipinski definition) is 1. The Kier molecular flexibility index (Phi) is 7.67. The number of rotatable bonds is 7. The summed E-state index contributed by atoms with van der Waals surface area (Å²) >= 11 is 0. The molecular weight excluding hydrogens is 374 g/mol. The smallest absolute Gasteiger partial charge is 0.246 e. The number of nitrogens with one attached hydrogen (secondary N) is 1. The maximum Gasteiger partial charge on any atom is 0.246 e. The number of aryl methyl sites for hydroxylation is 1. The second-order valence-corrected chi connectivity index (χ2v) is 9.46. The third kappa shape index (κ3) is 5.55. The van der Waals surface area contributed by atoms with Crippen molar-refractivity contribution in [1.82, 2.24) is 10.2 Å². The van der Waals surface area contributed by atoms with E-state index in [1.165, 1.54) is 70.3 Å². The summed E-state index contributed by atoms with van der Waals surface area (Å²) in [5, 5.41) is 3.11. The van der Waals surface area contributed by atoms with E-state index in [-0.39, 0.29) is 12.5 Å². The van der Waals surface area contributed by atoms with Gasteiger partial charge in [-0.1, -0.05) is 12.1 Å². The highest BCUT2D eigenvalue weighted by Crippen LogP contribution is 2.31. The van der Waals surface area contributed by atoms with Crippen molar-refractivity contribution in [3.63, 3.8) is 0 Å². The summed E-state index contributed by atoms with van der Waals surface area (Å²) in [6.45, 7) is 6.10. The Balaban J connectivity index is 1.17. The van der Waals surface area contributed by atoms with E-state index < -0.39 is 0 Å². The van der Waals surface area contributed by atoms with E-state index in [1.807, 2.05) is 0 Å². The van der Waals surface area contributed by atoms with Crippen molar-refractivity contribution >= 4 is 11.6 Å². The van der Waals surface area contributed by atoms with E-state index in [1.54, 1.807) is 18.2 Å². The van der Waals surface area contributed by atoms with E-state index in [9.17, 15) is 4.79 Å². The number of carbonyl (C=O) groups excluding carboxylic acids is 1. The van der Waals surface area contributed by atoms with E-state index in [0.717, 1.165) is 31.8 Å². The van der Waals surface area contributed by atoms with Crippen LogP contribution < -0.4 is 10.2 Å². The summed E-state index contributed by atoms with van der Waals surface area (Å²) in [7, 11) is 1.57. The highest BCUT2D eigenvalue weighted by molar-refractivity contribution is 5.77. The molecule has 0 atom stereocenters. The number of amides is 1. The Hall–Kier alpha value is -1.59. The van der Waals surface area contributed by atoms with E-state index >= 15 is 0 Å². The number of fused-ring (bicyclic) bond motifs is 1. The lowest BCUT2D eigenvalue weighted by atomic mass is 9.84. The van der Waals surface area contributed by atoms with Crippen LogP contribution in [-0.4, -0.2) is 63.3 Å². The number of nitrogens with zero attached hydrogens (tertiary/aromatic N) is 2. The first-order valence-electron chi connectivity index (χ1n) is 12.1. The van der Waals surface area contributed by atoms with Gasteiger partial charge in [-0.2, -0.15) is 0 Å². The zero-order valence-electron chi connectivity index (χ0n) is 18.7. The summed E-state index contributed by atoms with van der Waals surface area (Å²) in [4.78, 5) is 17.0. The summed E-state index contributed by atoms with van der Waals surface area (Å²) in [5.41, 5.74) is 4.74. The number of anilines is 1. The van der Waals surface area contributed by atoms with Gasteiger partial charge in [0.1, 0.15) is 6.61 Å². The van der Waals surface area contributed by atoms with Crippen LogP contribution in [0.5, 0.6) is 0 Å². The molecule has 30 heavy (non-hydrogen) atoms. The van der Waals surface area contributed by atoms with Gasteiger partial charge in [0.2, 0.25) is 5.91 Å². The van der Waals surface area contributed by atoms with Gasteiger partial charge in [0, 0.05) is 45.0 Å². The first-order valence-corrected chi connectivity index (χ1v) is 12.1. The number of piperazine rings is 1. The van der Waals surface area contributed by atoms with Crippen LogP contribution in [0.3, 0.4) is 0 Å². The quantitative estimate of drug-likeness (QED) is 0.744. The number of methoxy groups -OCH3 is 1. The van der Waals surface area contributed by atoms with Crippen LogP contribution in [-0.2, 0) is 22.4 Å². The first-order chi connectivity index (χ1) is 14.7. The maximum atomic E-state index is 11.7. The van der Waals surface area contributed by atoms with Crippen LogP contribution in [0.2, 0.25) is 0 Å². The predicted molar refractivity (Wildman–Crippen MR) is 122 cm³/mol. The van der Waals surface area contributed by atoms with Gasteiger partial charge >= 0.3 is 0 Å². The molecule has 5 heteroatoms. The van der Waals surface area contributed by atoms with Crippen molar-refractivity contribution in [3.05, 3.63) is 29.3 Å². The number of ether oxygens (including phenoxy) is 1. The minimum atomic E-state index is 0.0264. The Morgan fingerprint density at radius 1 is 1.07 bits per heavy atom. The zero-order valence-corrected chi connectivity index (χ0v) is 18.7. The van der Waals surface area contributed by atoms with Crippen LogP contribution in [0.15, 0.2) is 18.2 Å². The van der Waals surface area contributed by atoms with Crippen LogP contribution in [0, 0.1) is 5.92 Å². The molecular formula is C25H39N3O2. The molecule has 1 saturated carbocycles. The molecule has 2 fully saturated rings. The molecule has 1 heterocycles. The minimum absolute atomic E-state index is 0.0264. The second-order valence-electron chi connectivity index (χ2n) is 9.46. The number of carbonyl (C=O) groups is 1. The molecule has 0 bridgehead atoms. The fourth-order valence-corrected chi connectivity index (χ4v) is 5.63. The summed E-state index contributed by atoms with van der Waals surface area (Å²) in [6.07, 6.45) is 11.3. The molecule has 3 aliphatic rings. The highest BCUT2D eigenvalue weighted by Gasteiger charge is 2.25. The van der Waals surface area contributed by atoms with Gasteiger partial charge in [-0.3, -0.25) is 9.69 Å². The van der Waals surface area contributed by atoms with E-state index in [4.69, 9.17) is 4.74 Å². The van der Waals surface area contributed by atoms with Gasteiger partial charge in [-0.15, -0.1) is 0 Å². The van der Waals surface area contributed by atoms with Gasteiger partial charge in [0.25, 0.3) is 0 Å². The lowest BCUT2D eigenvalue weighted by molar-refractivity contribution is -0.125. The molecule has 1 amide bonds. The lowest BCUT2D eigenvalue weighted by Gasteiger charge is -2.38. The molecule has 1 aromatic carbocycles. The molecule has 1 aliphatic heterocycles. The van der Waals surface area contributed by atoms with Gasteiger partial charge in [0.05, 0.1) is 0 Å². The van der Waals surface area contributed by atoms with Crippen molar-refractivity contribution < 1.29 is 9.53 Å².